The summed E-state index contributed by atoms with van der Waals surface area (Å²) in [6, 6.07) is 13.2. The summed E-state index contributed by atoms with van der Waals surface area (Å²) in [5, 5.41) is 9.50. The average molecular weight is 287 g/mol. The highest BCUT2D eigenvalue weighted by Crippen LogP contribution is 2.42. The summed E-state index contributed by atoms with van der Waals surface area (Å²) in [5.41, 5.74) is 3.59. The third-order valence-electron chi connectivity index (χ3n) is 4.01. The minimum Gasteiger partial charge on any atom is -0.478 e. The normalized spacial score (nSPS) is 14.8. The fourth-order valence-corrected chi connectivity index (χ4v) is 2.97. The molecule has 2 nitrogen and oxygen atoms in total. The van der Waals surface area contributed by atoms with Crippen molar-refractivity contribution in [2.75, 3.05) is 0 Å². The van der Waals surface area contributed by atoms with Gasteiger partial charge in [0.1, 0.15) is 0 Å². The summed E-state index contributed by atoms with van der Waals surface area (Å²) in [6.45, 7) is 0. The molecule has 102 valence electrons. The van der Waals surface area contributed by atoms with Gasteiger partial charge in [0.05, 0.1) is 5.56 Å². The first kappa shape index (κ1) is 13.2. The Balaban J connectivity index is 2.07. The molecule has 1 aliphatic carbocycles. The van der Waals surface area contributed by atoms with Crippen LogP contribution in [0.2, 0.25) is 5.02 Å². The molecule has 3 rings (SSSR count). The zero-order chi connectivity index (χ0) is 14.1. The van der Waals surface area contributed by atoms with Gasteiger partial charge in [0.15, 0.2) is 0 Å². The number of carbonyl (C=O) groups is 1. The van der Waals surface area contributed by atoms with Crippen LogP contribution in [0.4, 0.5) is 0 Å². The van der Waals surface area contributed by atoms with Gasteiger partial charge in [-0.3, -0.25) is 0 Å². The Hall–Kier alpha value is -1.80. The van der Waals surface area contributed by atoms with Crippen molar-refractivity contribution in [3.63, 3.8) is 0 Å². The highest BCUT2D eigenvalue weighted by atomic mass is 35.5. The molecule has 0 aromatic heterocycles. The van der Waals surface area contributed by atoms with Gasteiger partial charge in [-0.25, -0.2) is 4.79 Å². The molecule has 0 unspecified atom stereocenters. The molecule has 0 radical (unpaired) electrons. The molecule has 0 saturated heterocycles. The monoisotopic (exact) mass is 286 g/mol. The van der Waals surface area contributed by atoms with Gasteiger partial charge in [-0.2, -0.15) is 0 Å². The molecule has 0 spiro atoms. The molecule has 2 aromatic rings. The molecular weight excluding hydrogens is 272 g/mol. The van der Waals surface area contributed by atoms with E-state index in [0.29, 0.717) is 10.9 Å². The van der Waals surface area contributed by atoms with Crippen molar-refractivity contribution in [3.05, 3.63) is 58.6 Å². The number of aromatic carboxylic acids is 1. The first-order chi connectivity index (χ1) is 9.66. The lowest BCUT2D eigenvalue weighted by Gasteiger charge is -2.28. The van der Waals surface area contributed by atoms with Crippen LogP contribution in [0.25, 0.3) is 11.1 Å². The minimum atomic E-state index is -0.953. The molecule has 1 fully saturated rings. The second-order valence-corrected chi connectivity index (χ2v) is 5.62. The van der Waals surface area contributed by atoms with Crippen molar-refractivity contribution >= 4 is 17.6 Å². The van der Waals surface area contributed by atoms with Crippen LogP contribution in [0.5, 0.6) is 0 Å². The lowest BCUT2D eigenvalue weighted by atomic mass is 9.77. The Morgan fingerprint density at radius 3 is 2.45 bits per heavy atom. The number of benzene rings is 2. The molecule has 3 heteroatoms. The Bertz CT molecular complexity index is 660. The second-order valence-electron chi connectivity index (χ2n) is 5.21. The first-order valence-electron chi connectivity index (χ1n) is 6.79. The van der Waals surface area contributed by atoms with Crippen LogP contribution in [-0.4, -0.2) is 11.1 Å². The molecule has 0 heterocycles. The second kappa shape index (κ2) is 5.29. The highest BCUT2D eigenvalue weighted by molar-refractivity contribution is 6.33. The Kier molecular flexibility index (Phi) is 3.49. The fraction of sp³-hybridized carbons (Fsp3) is 0.235. The van der Waals surface area contributed by atoms with Crippen molar-refractivity contribution < 1.29 is 9.90 Å². The lowest BCUT2D eigenvalue weighted by molar-refractivity contribution is 0.0697. The van der Waals surface area contributed by atoms with E-state index in [2.05, 4.69) is 18.2 Å². The molecule has 0 atom stereocenters. The van der Waals surface area contributed by atoms with E-state index in [-0.39, 0.29) is 5.56 Å². The topological polar surface area (TPSA) is 37.3 Å². The third-order valence-corrected chi connectivity index (χ3v) is 4.32. The van der Waals surface area contributed by atoms with Crippen molar-refractivity contribution in [1.82, 2.24) is 0 Å². The van der Waals surface area contributed by atoms with Gasteiger partial charge in [-0.15, -0.1) is 0 Å². The maximum absolute atomic E-state index is 11.0. The highest BCUT2D eigenvalue weighted by Gasteiger charge is 2.23. The summed E-state index contributed by atoms with van der Waals surface area (Å²) in [5.74, 6) is -0.341. The van der Waals surface area contributed by atoms with Gasteiger partial charge < -0.3 is 5.11 Å². The van der Waals surface area contributed by atoms with Gasteiger partial charge in [0.2, 0.25) is 0 Å². The van der Waals surface area contributed by atoms with Crippen LogP contribution >= 0.6 is 11.6 Å². The molecule has 20 heavy (non-hydrogen) atoms. The number of hydrogen-bond acceptors (Lipinski definition) is 1. The summed E-state index contributed by atoms with van der Waals surface area (Å²) in [4.78, 5) is 11.0. The zero-order valence-corrected chi connectivity index (χ0v) is 11.7. The summed E-state index contributed by atoms with van der Waals surface area (Å²) in [7, 11) is 0. The van der Waals surface area contributed by atoms with Gasteiger partial charge in [-0.1, -0.05) is 48.4 Å². The van der Waals surface area contributed by atoms with E-state index >= 15 is 0 Å². The largest absolute Gasteiger partial charge is 0.478 e. The molecule has 1 N–H and O–H groups in total. The fourth-order valence-electron chi connectivity index (χ4n) is 2.68. The predicted octanol–water partition coefficient (Wildman–Crippen LogP) is 4.97. The molecular formula is C17H15ClO2. The van der Waals surface area contributed by atoms with Gasteiger partial charge in [0, 0.05) is 10.6 Å². The first-order valence-corrected chi connectivity index (χ1v) is 7.17. The van der Waals surface area contributed by atoms with Crippen LogP contribution in [0, 0.1) is 0 Å². The van der Waals surface area contributed by atoms with Crippen LogP contribution in [0.3, 0.4) is 0 Å². The smallest absolute Gasteiger partial charge is 0.335 e. The van der Waals surface area contributed by atoms with Gasteiger partial charge in [-0.05, 0) is 42.0 Å². The van der Waals surface area contributed by atoms with Crippen LogP contribution < -0.4 is 0 Å². The standard InChI is InChI=1S/C17H15ClO2/c18-16-10-12(17(19)20)8-9-15(16)14-7-2-1-6-13(14)11-4-3-5-11/h1-2,6-11H,3-5H2,(H,19,20). The Labute approximate surface area is 123 Å². The summed E-state index contributed by atoms with van der Waals surface area (Å²) >= 11 is 6.28. The SMILES string of the molecule is O=C(O)c1ccc(-c2ccccc2C2CCC2)c(Cl)c1. The zero-order valence-electron chi connectivity index (χ0n) is 11.0. The third kappa shape index (κ3) is 2.32. The van der Waals surface area contributed by atoms with Crippen LogP contribution in [-0.2, 0) is 0 Å². The number of halogens is 1. The van der Waals surface area contributed by atoms with Crippen molar-refractivity contribution in [2.45, 2.75) is 25.2 Å². The Morgan fingerprint density at radius 1 is 1.10 bits per heavy atom. The van der Waals surface area contributed by atoms with E-state index < -0.39 is 5.97 Å². The van der Waals surface area contributed by atoms with E-state index in [0.717, 1.165) is 11.1 Å². The molecule has 1 saturated carbocycles. The van der Waals surface area contributed by atoms with E-state index in [9.17, 15) is 4.79 Å². The van der Waals surface area contributed by atoms with Gasteiger partial charge >= 0.3 is 5.97 Å². The predicted molar refractivity (Wildman–Crippen MR) is 80.4 cm³/mol. The molecule has 0 aliphatic heterocycles. The summed E-state index contributed by atoms with van der Waals surface area (Å²) < 4.78 is 0. The van der Waals surface area contributed by atoms with E-state index in [1.165, 1.54) is 30.9 Å². The van der Waals surface area contributed by atoms with Gasteiger partial charge in [0.25, 0.3) is 0 Å². The quantitative estimate of drug-likeness (QED) is 0.864. The van der Waals surface area contributed by atoms with Crippen molar-refractivity contribution in [2.24, 2.45) is 0 Å². The number of carboxylic acids is 1. The number of carboxylic acid groups (broad SMARTS) is 1. The van der Waals surface area contributed by atoms with Crippen molar-refractivity contribution in [3.8, 4) is 11.1 Å². The van der Waals surface area contributed by atoms with E-state index in [1.54, 1.807) is 6.07 Å². The number of rotatable bonds is 3. The molecule has 0 amide bonds. The van der Waals surface area contributed by atoms with Crippen LogP contribution in [0.15, 0.2) is 42.5 Å². The maximum Gasteiger partial charge on any atom is 0.335 e. The van der Waals surface area contributed by atoms with Crippen molar-refractivity contribution in [1.29, 1.82) is 0 Å². The molecule has 0 bridgehead atoms. The lowest BCUT2D eigenvalue weighted by Crippen LogP contribution is -2.10. The number of hydrogen-bond donors (Lipinski definition) is 1. The minimum absolute atomic E-state index is 0.222. The Morgan fingerprint density at radius 2 is 1.85 bits per heavy atom. The molecule has 2 aromatic carbocycles. The molecule has 1 aliphatic rings. The van der Waals surface area contributed by atoms with E-state index in [4.69, 9.17) is 16.7 Å². The van der Waals surface area contributed by atoms with E-state index in [1.807, 2.05) is 12.1 Å². The summed E-state index contributed by atoms with van der Waals surface area (Å²) in [6.07, 6.45) is 3.73. The maximum atomic E-state index is 11.0. The van der Waals surface area contributed by atoms with Crippen LogP contribution in [0.1, 0.15) is 41.1 Å². The average Bonchev–Trinajstić information content (AvgIpc) is 2.37.